The maximum absolute atomic E-state index is 10.5. The monoisotopic (exact) mass is 245 g/mol. The molecule has 2 N–H and O–H groups in total. The van der Waals surface area contributed by atoms with E-state index < -0.39 is 6.09 Å². The van der Waals surface area contributed by atoms with Crippen molar-refractivity contribution >= 4 is 17.0 Å². The Morgan fingerprint density at radius 1 is 1.61 bits per heavy atom. The van der Waals surface area contributed by atoms with Gasteiger partial charge in [0.1, 0.15) is 0 Å². The van der Waals surface area contributed by atoms with Crippen LogP contribution in [0.1, 0.15) is 17.9 Å². The van der Waals surface area contributed by atoms with E-state index >= 15 is 0 Å². The average molecular weight is 245 g/mol. The molecule has 0 spiro atoms. The van der Waals surface area contributed by atoms with Crippen molar-refractivity contribution < 1.29 is 9.90 Å². The van der Waals surface area contributed by atoms with Gasteiger partial charge in [0.2, 0.25) is 0 Å². The molecule has 0 radical (unpaired) electrons. The van der Waals surface area contributed by atoms with Crippen LogP contribution in [0, 0.1) is 5.92 Å². The number of hydrogen-bond acceptors (Lipinski definition) is 2. The normalized spacial score (nSPS) is 22.1. The molecule has 2 atom stereocenters. The molecule has 0 bridgehead atoms. The number of carbonyl (C=O) groups is 1. The number of aryl methyl sites for hydroxylation is 1. The molecule has 0 aliphatic heterocycles. The first kappa shape index (κ1) is 11.1. The zero-order valence-corrected chi connectivity index (χ0v) is 10.1. The smallest absolute Gasteiger partial charge is 0.404 e. The van der Waals surface area contributed by atoms with Crippen LogP contribution in [0.15, 0.2) is 24.4 Å². The summed E-state index contributed by atoms with van der Waals surface area (Å²) in [7, 11) is 1.92. The summed E-state index contributed by atoms with van der Waals surface area (Å²) in [5.74, 6) is 0.886. The summed E-state index contributed by atoms with van der Waals surface area (Å²) in [6, 6.07) is 6.14. The SMILES string of the molecule is Cn1cc2c(C3CC3CNC(=O)O)cccc2n1. The van der Waals surface area contributed by atoms with Crippen molar-refractivity contribution in [2.24, 2.45) is 13.0 Å². The van der Waals surface area contributed by atoms with Crippen LogP contribution < -0.4 is 5.32 Å². The summed E-state index contributed by atoms with van der Waals surface area (Å²) in [6.07, 6.45) is 2.14. The van der Waals surface area contributed by atoms with E-state index in [0.29, 0.717) is 18.4 Å². The molecule has 2 aromatic rings. The minimum absolute atomic E-state index is 0.423. The van der Waals surface area contributed by atoms with E-state index in [1.54, 1.807) is 0 Å². The molecule has 1 fully saturated rings. The molecular weight excluding hydrogens is 230 g/mol. The molecule has 5 nitrogen and oxygen atoms in total. The highest BCUT2D eigenvalue weighted by Gasteiger charge is 2.39. The second kappa shape index (κ2) is 4.01. The van der Waals surface area contributed by atoms with E-state index in [9.17, 15) is 4.79 Å². The molecule has 94 valence electrons. The second-order valence-electron chi connectivity index (χ2n) is 4.87. The highest BCUT2D eigenvalue weighted by Crippen LogP contribution is 2.48. The van der Waals surface area contributed by atoms with E-state index in [1.165, 1.54) is 10.9 Å². The van der Waals surface area contributed by atoms with E-state index in [-0.39, 0.29) is 0 Å². The quantitative estimate of drug-likeness (QED) is 0.868. The van der Waals surface area contributed by atoms with E-state index in [0.717, 1.165) is 11.9 Å². The highest BCUT2D eigenvalue weighted by atomic mass is 16.4. The fourth-order valence-electron chi connectivity index (χ4n) is 2.58. The fraction of sp³-hybridized carbons (Fsp3) is 0.385. The van der Waals surface area contributed by atoms with Gasteiger partial charge in [0.25, 0.3) is 0 Å². The minimum atomic E-state index is -0.944. The summed E-state index contributed by atoms with van der Waals surface area (Å²) >= 11 is 0. The van der Waals surface area contributed by atoms with Crippen LogP contribution in [-0.4, -0.2) is 27.5 Å². The van der Waals surface area contributed by atoms with Gasteiger partial charge in [-0.05, 0) is 29.9 Å². The van der Waals surface area contributed by atoms with Gasteiger partial charge in [0.05, 0.1) is 5.52 Å². The van der Waals surface area contributed by atoms with Gasteiger partial charge in [-0.2, -0.15) is 5.10 Å². The van der Waals surface area contributed by atoms with Crippen LogP contribution in [0.2, 0.25) is 0 Å². The van der Waals surface area contributed by atoms with Crippen LogP contribution in [0.5, 0.6) is 0 Å². The van der Waals surface area contributed by atoms with Crippen LogP contribution >= 0.6 is 0 Å². The van der Waals surface area contributed by atoms with E-state index in [1.807, 2.05) is 30.1 Å². The molecule has 1 saturated carbocycles. The van der Waals surface area contributed by atoms with Gasteiger partial charge in [-0.25, -0.2) is 4.79 Å². The van der Waals surface area contributed by atoms with E-state index in [2.05, 4.69) is 16.5 Å². The van der Waals surface area contributed by atoms with Gasteiger partial charge >= 0.3 is 6.09 Å². The van der Waals surface area contributed by atoms with Crippen molar-refractivity contribution in [1.82, 2.24) is 15.1 Å². The van der Waals surface area contributed by atoms with Gasteiger partial charge in [-0.15, -0.1) is 0 Å². The first-order valence-electron chi connectivity index (χ1n) is 6.04. The lowest BCUT2D eigenvalue weighted by molar-refractivity contribution is 0.194. The van der Waals surface area contributed by atoms with Crippen LogP contribution in [0.4, 0.5) is 4.79 Å². The molecule has 0 saturated heterocycles. The van der Waals surface area contributed by atoms with Gasteiger partial charge < -0.3 is 10.4 Å². The van der Waals surface area contributed by atoms with Crippen LogP contribution in [0.3, 0.4) is 0 Å². The van der Waals surface area contributed by atoms with E-state index in [4.69, 9.17) is 5.11 Å². The van der Waals surface area contributed by atoms with Gasteiger partial charge in [-0.3, -0.25) is 4.68 Å². The Balaban J connectivity index is 1.81. The summed E-state index contributed by atoms with van der Waals surface area (Å²) in [5, 5.41) is 16.6. The molecule has 2 unspecified atom stereocenters. The van der Waals surface area contributed by atoms with Crippen molar-refractivity contribution in [1.29, 1.82) is 0 Å². The predicted octanol–water partition coefficient (Wildman–Crippen LogP) is 1.94. The Morgan fingerprint density at radius 3 is 3.22 bits per heavy atom. The standard InChI is InChI=1S/C13H15N3O2/c1-16-7-11-9(3-2-4-12(11)15-16)10-5-8(10)6-14-13(17)18/h2-4,7-8,10,14H,5-6H2,1H3,(H,17,18). The molecule has 1 aliphatic rings. The predicted molar refractivity (Wildman–Crippen MR) is 67.6 cm³/mol. The Kier molecular flexibility index (Phi) is 2.47. The molecule has 3 rings (SSSR count). The number of hydrogen-bond donors (Lipinski definition) is 2. The molecule has 1 heterocycles. The van der Waals surface area contributed by atoms with Crippen molar-refractivity contribution in [3.8, 4) is 0 Å². The molecule has 1 amide bonds. The highest BCUT2D eigenvalue weighted by molar-refractivity contribution is 5.82. The van der Waals surface area contributed by atoms with Gasteiger partial charge in [-0.1, -0.05) is 12.1 Å². The lowest BCUT2D eigenvalue weighted by Crippen LogP contribution is -2.23. The summed E-state index contributed by atoms with van der Waals surface area (Å²) < 4.78 is 1.82. The van der Waals surface area contributed by atoms with Gasteiger partial charge in [0, 0.05) is 25.2 Å². The van der Waals surface area contributed by atoms with Crippen molar-refractivity contribution in [2.45, 2.75) is 12.3 Å². The molecule has 1 aliphatic carbocycles. The lowest BCUT2D eigenvalue weighted by atomic mass is 10.0. The molecular formula is C13H15N3O2. The maximum Gasteiger partial charge on any atom is 0.404 e. The first-order chi connectivity index (χ1) is 8.65. The number of benzene rings is 1. The largest absolute Gasteiger partial charge is 0.465 e. The third kappa shape index (κ3) is 1.92. The Morgan fingerprint density at radius 2 is 2.44 bits per heavy atom. The molecule has 1 aromatic carbocycles. The summed E-state index contributed by atoms with van der Waals surface area (Å²) in [5.41, 5.74) is 2.30. The first-order valence-corrected chi connectivity index (χ1v) is 6.04. The van der Waals surface area contributed by atoms with Crippen molar-refractivity contribution in [3.63, 3.8) is 0 Å². The summed E-state index contributed by atoms with van der Waals surface area (Å²) in [4.78, 5) is 10.5. The third-order valence-electron chi connectivity index (χ3n) is 3.54. The maximum atomic E-state index is 10.5. The number of aromatic nitrogens is 2. The minimum Gasteiger partial charge on any atom is -0.465 e. The molecule has 5 heteroatoms. The van der Waals surface area contributed by atoms with Crippen LogP contribution in [0.25, 0.3) is 10.9 Å². The number of amides is 1. The second-order valence-corrected chi connectivity index (χ2v) is 4.87. The average Bonchev–Trinajstić information content (AvgIpc) is 2.98. The van der Waals surface area contributed by atoms with Gasteiger partial charge in [0.15, 0.2) is 0 Å². The molecule has 1 aromatic heterocycles. The Hall–Kier alpha value is -2.04. The number of carboxylic acid groups (broad SMARTS) is 1. The van der Waals surface area contributed by atoms with Crippen LogP contribution in [-0.2, 0) is 7.05 Å². The zero-order valence-electron chi connectivity index (χ0n) is 10.1. The lowest BCUT2D eigenvalue weighted by Gasteiger charge is -2.02. The Labute approximate surface area is 104 Å². The fourth-order valence-corrected chi connectivity index (χ4v) is 2.58. The number of nitrogens with one attached hydrogen (secondary N) is 1. The van der Waals surface area contributed by atoms with Crippen molar-refractivity contribution in [3.05, 3.63) is 30.0 Å². The zero-order chi connectivity index (χ0) is 12.7. The third-order valence-corrected chi connectivity index (χ3v) is 3.54. The number of nitrogens with zero attached hydrogens (tertiary/aromatic N) is 2. The number of rotatable bonds is 3. The summed E-state index contributed by atoms with van der Waals surface area (Å²) in [6.45, 7) is 0.538. The molecule has 18 heavy (non-hydrogen) atoms. The van der Waals surface area contributed by atoms with Crippen molar-refractivity contribution in [2.75, 3.05) is 6.54 Å². The Bertz CT molecular complexity index is 605. The topological polar surface area (TPSA) is 67.2 Å². The number of fused-ring (bicyclic) bond motifs is 1.